The van der Waals surface area contributed by atoms with Crippen LogP contribution in [-0.4, -0.2) is 31.2 Å². The zero-order valence-electron chi connectivity index (χ0n) is 15.5. The summed E-state index contributed by atoms with van der Waals surface area (Å²) in [5.74, 6) is -0.393. The summed E-state index contributed by atoms with van der Waals surface area (Å²) in [6, 6.07) is 17.0. The van der Waals surface area contributed by atoms with Gasteiger partial charge in [0, 0.05) is 12.7 Å². The summed E-state index contributed by atoms with van der Waals surface area (Å²) >= 11 is 0. The number of aromatic nitrogens is 2. The van der Waals surface area contributed by atoms with Gasteiger partial charge in [-0.1, -0.05) is 54.6 Å². The van der Waals surface area contributed by atoms with E-state index < -0.39 is 10.0 Å². The third-order valence-corrected chi connectivity index (χ3v) is 5.61. The van der Waals surface area contributed by atoms with Crippen molar-refractivity contribution in [3.05, 3.63) is 89.2 Å². The lowest BCUT2D eigenvalue weighted by molar-refractivity contribution is 0.0950. The number of benzene rings is 2. The molecular weight excluding hydrogens is 376 g/mol. The molecule has 0 saturated heterocycles. The predicted molar refractivity (Wildman–Crippen MR) is 107 cm³/mol. The van der Waals surface area contributed by atoms with Crippen LogP contribution in [0.25, 0.3) is 0 Å². The van der Waals surface area contributed by atoms with Crippen molar-refractivity contribution in [2.45, 2.75) is 18.8 Å². The zero-order valence-corrected chi connectivity index (χ0v) is 16.3. The van der Waals surface area contributed by atoms with Gasteiger partial charge in [-0.3, -0.25) is 9.48 Å². The van der Waals surface area contributed by atoms with Gasteiger partial charge in [0.2, 0.25) is 10.0 Å². The first-order valence-corrected chi connectivity index (χ1v) is 10.4. The summed E-state index contributed by atoms with van der Waals surface area (Å²) in [4.78, 5) is 12.4. The van der Waals surface area contributed by atoms with Gasteiger partial charge in [0.25, 0.3) is 5.91 Å². The first kappa shape index (κ1) is 19.8. The number of nitrogens with one attached hydrogen (secondary N) is 2. The van der Waals surface area contributed by atoms with E-state index in [4.69, 9.17) is 0 Å². The minimum absolute atomic E-state index is 0.134. The molecular formula is C20H22N4O3S. The number of carbonyl (C=O) groups is 1. The van der Waals surface area contributed by atoms with Crippen LogP contribution in [0.4, 0.5) is 0 Å². The molecule has 8 heteroatoms. The number of hydrogen-bond donors (Lipinski definition) is 2. The number of rotatable bonds is 8. The summed E-state index contributed by atoms with van der Waals surface area (Å²) < 4.78 is 27.7. The van der Waals surface area contributed by atoms with Crippen LogP contribution in [0, 0.1) is 0 Å². The number of amides is 1. The van der Waals surface area contributed by atoms with E-state index in [-0.39, 0.29) is 18.2 Å². The fourth-order valence-electron chi connectivity index (χ4n) is 2.76. The van der Waals surface area contributed by atoms with E-state index in [1.807, 2.05) is 36.4 Å². The quantitative estimate of drug-likeness (QED) is 0.606. The Bertz CT molecular complexity index is 1050. The molecule has 3 aromatic rings. The van der Waals surface area contributed by atoms with Crippen molar-refractivity contribution in [3.63, 3.8) is 0 Å². The van der Waals surface area contributed by atoms with Crippen molar-refractivity contribution in [2.24, 2.45) is 0 Å². The summed E-state index contributed by atoms with van der Waals surface area (Å²) in [5, 5.41) is 7.06. The topological polar surface area (TPSA) is 93.1 Å². The number of carbonyl (C=O) groups excluding carboxylic acids is 1. The van der Waals surface area contributed by atoms with E-state index in [0.717, 1.165) is 11.1 Å². The van der Waals surface area contributed by atoms with E-state index in [0.29, 0.717) is 17.7 Å². The minimum atomic E-state index is -3.39. The Morgan fingerprint density at radius 1 is 1.04 bits per heavy atom. The third-order valence-electron chi connectivity index (χ3n) is 4.30. The van der Waals surface area contributed by atoms with Crippen LogP contribution in [0.1, 0.15) is 27.0 Å². The van der Waals surface area contributed by atoms with Crippen molar-refractivity contribution in [1.82, 2.24) is 19.8 Å². The van der Waals surface area contributed by atoms with E-state index in [9.17, 15) is 13.2 Å². The van der Waals surface area contributed by atoms with Gasteiger partial charge in [-0.05, 0) is 23.7 Å². The van der Waals surface area contributed by atoms with Crippen molar-refractivity contribution in [1.29, 1.82) is 0 Å². The lowest BCUT2D eigenvalue weighted by Gasteiger charge is -2.10. The van der Waals surface area contributed by atoms with Crippen LogP contribution in [-0.2, 0) is 28.9 Å². The Hall–Kier alpha value is -2.97. The first-order chi connectivity index (χ1) is 13.5. The first-order valence-electron chi connectivity index (χ1n) is 8.79. The Morgan fingerprint density at radius 3 is 2.43 bits per heavy atom. The minimum Gasteiger partial charge on any atom is -0.348 e. The highest BCUT2D eigenvalue weighted by molar-refractivity contribution is 7.88. The average Bonchev–Trinajstić information content (AvgIpc) is 3.16. The molecule has 0 bridgehead atoms. The molecule has 7 nitrogen and oxygen atoms in total. The molecule has 2 N–H and O–H groups in total. The van der Waals surface area contributed by atoms with Gasteiger partial charge in [0.05, 0.1) is 24.1 Å². The second kappa shape index (κ2) is 8.81. The van der Waals surface area contributed by atoms with Gasteiger partial charge in [-0.2, -0.15) is 5.10 Å². The fourth-order valence-corrected chi connectivity index (χ4v) is 3.60. The molecule has 0 radical (unpaired) electrons. The molecule has 146 valence electrons. The van der Waals surface area contributed by atoms with Gasteiger partial charge in [0.15, 0.2) is 0 Å². The standard InChI is InChI=1S/C20H22N4O3S/c1-21-28(26,27)15-18-10-6-5-9-17(18)11-22-20(25)19-12-23-24(14-19)13-16-7-3-2-4-8-16/h2-10,12,14,21H,11,13,15H2,1H3,(H,22,25). The normalized spacial score (nSPS) is 11.3. The molecule has 2 aromatic carbocycles. The van der Waals surface area contributed by atoms with Crippen molar-refractivity contribution in [3.8, 4) is 0 Å². The molecule has 0 aliphatic carbocycles. The van der Waals surface area contributed by atoms with Crippen LogP contribution in [0.15, 0.2) is 67.0 Å². The van der Waals surface area contributed by atoms with E-state index in [1.54, 1.807) is 29.1 Å². The highest BCUT2D eigenvalue weighted by Gasteiger charge is 2.14. The van der Waals surface area contributed by atoms with E-state index in [1.165, 1.54) is 13.2 Å². The van der Waals surface area contributed by atoms with Crippen LogP contribution in [0.5, 0.6) is 0 Å². The number of nitrogens with zero attached hydrogens (tertiary/aromatic N) is 2. The summed E-state index contributed by atoms with van der Waals surface area (Å²) in [6.45, 7) is 0.816. The maximum atomic E-state index is 12.4. The van der Waals surface area contributed by atoms with Crippen molar-refractivity contribution in [2.75, 3.05) is 7.05 Å². The zero-order chi connectivity index (χ0) is 20.0. The summed E-state index contributed by atoms with van der Waals surface area (Å²) in [7, 11) is -2.01. The SMILES string of the molecule is CNS(=O)(=O)Cc1ccccc1CNC(=O)c1cnn(Cc2ccccc2)c1. The molecule has 0 spiro atoms. The Morgan fingerprint density at radius 2 is 1.71 bits per heavy atom. The largest absolute Gasteiger partial charge is 0.348 e. The molecule has 0 saturated carbocycles. The van der Waals surface area contributed by atoms with Gasteiger partial charge >= 0.3 is 0 Å². The molecule has 28 heavy (non-hydrogen) atoms. The lowest BCUT2D eigenvalue weighted by atomic mass is 10.1. The van der Waals surface area contributed by atoms with E-state index in [2.05, 4.69) is 15.1 Å². The maximum absolute atomic E-state index is 12.4. The lowest BCUT2D eigenvalue weighted by Crippen LogP contribution is -2.25. The molecule has 1 heterocycles. The fraction of sp³-hybridized carbons (Fsp3) is 0.200. The maximum Gasteiger partial charge on any atom is 0.254 e. The van der Waals surface area contributed by atoms with Crippen LogP contribution in [0.3, 0.4) is 0 Å². The van der Waals surface area contributed by atoms with Gasteiger partial charge in [-0.15, -0.1) is 0 Å². The van der Waals surface area contributed by atoms with Crippen molar-refractivity contribution >= 4 is 15.9 Å². The van der Waals surface area contributed by atoms with Crippen LogP contribution >= 0.6 is 0 Å². The summed E-state index contributed by atoms with van der Waals surface area (Å²) in [5.41, 5.74) is 2.96. The van der Waals surface area contributed by atoms with Gasteiger partial charge < -0.3 is 5.32 Å². The third kappa shape index (κ3) is 5.28. The van der Waals surface area contributed by atoms with Crippen LogP contribution < -0.4 is 10.0 Å². The molecule has 0 atom stereocenters. The highest BCUT2D eigenvalue weighted by atomic mass is 32.2. The van der Waals surface area contributed by atoms with Crippen molar-refractivity contribution < 1.29 is 13.2 Å². The smallest absolute Gasteiger partial charge is 0.254 e. The Kier molecular flexibility index (Phi) is 6.23. The molecule has 0 unspecified atom stereocenters. The van der Waals surface area contributed by atoms with E-state index >= 15 is 0 Å². The molecule has 0 fully saturated rings. The number of sulfonamides is 1. The van der Waals surface area contributed by atoms with Crippen LogP contribution in [0.2, 0.25) is 0 Å². The second-order valence-electron chi connectivity index (χ2n) is 6.33. The molecule has 1 aromatic heterocycles. The molecule has 0 aliphatic rings. The Labute approximate surface area is 164 Å². The summed E-state index contributed by atoms with van der Waals surface area (Å²) in [6.07, 6.45) is 3.22. The number of hydrogen-bond acceptors (Lipinski definition) is 4. The van der Waals surface area contributed by atoms with Gasteiger partial charge in [-0.25, -0.2) is 13.1 Å². The average molecular weight is 398 g/mol. The molecule has 1 amide bonds. The Balaban J connectivity index is 1.64. The van der Waals surface area contributed by atoms with Gasteiger partial charge in [0.1, 0.15) is 0 Å². The predicted octanol–water partition coefficient (Wildman–Crippen LogP) is 1.91. The monoisotopic (exact) mass is 398 g/mol. The molecule has 0 aliphatic heterocycles. The second-order valence-corrected chi connectivity index (χ2v) is 8.25. The highest BCUT2D eigenvalue weighted by Crippen LogP contribution is 2.12. The molecule has 3 rings (SSSR count).